The Labute approximate surface area is 122 Å². The van der Waals surface area contributed by atoms with Gasteiger partial charge in [0.2, 0.25) is 0 Å². The number of amides is 1. The van der Waals surface area contributed by atoms with E-state index in [1.165, 1.54) is 4.90 Å². The number of ether oxygens (including phenoxy) is 1. The van der Waals surface area contributed by atoms with Gasteiger partial charge in [-0.2, -0.15) is 0 Å². The highest BCUT2D eigenvalue weighted by Gasteiger charge is 2.26. The molecule has 7 heteroatoms. The van der Waals surface area contributed by atoms with Crippen LogP contribution in [0.5, 0.6) is 5.75 Å². The van der Waals surface area contributed by atoms with Gasteiger partial charge in [0.05, 0.1) is 18.2 Å². The molecule has 1 aromatic carbocycles. The van der Waals surface area contributed by atoms with Crippen molar-refractivity contribution in [1.82, 2.24) is 5.32 Å². The van der Waals surface area contributed by atoms with Gasteiger partial charge in [0.25, 0.3) is 5.91 Å². The van der Waals surface area contributed by atoms with Crippen LogP contribution >= 0.6 is 0 Å². The molecule has 0 saturated heterocycles. The van der Waals surface area contributed by atoms with Crippen LogP contribution in [0.25, 0.3) is 0 Å². The molecule has 0 spiro atoms. The van der Waals surface area contributed by atoms with Gasteiger partial charge in [0.15, 0.2) is 6.61 Å². The number of carboxylic acid groups (broad SMARTS) is 1. The highest BCUT2D eigenvalue weighted by atomic mass is 16.5. The average Bonchev–Trinajstić information content (AvgIpc) is 2.47. The number of carbonyl (C=O) groups is 2. The molecule has 1 aliphatic rings. The standard InChI is InChI=1S/C14H18N2O5/c1-15-9(6-13(18)19)14(20)8-3-4-11-10(5-8)16(2)12(17)7-21-11/h3-5,9,14-15,20H,6-7H2,1-2H3,(H,18,19). The second-order valence-corrected chi connectivity index (χ2v) is 4.91. The summed E-state index contributed by atoms with van der Waals surface area (Å²) in [6.45, 7) is -0.0104. The third-order valence-corrected chi connectivity index (χ3v) is 3.56. The summed E-state index contributed by atoms with van der Waals surface area (Å²) >= 11 is 0. The lowest BCUT2D eigenvalue weighted by molar-refractivity contribution is -0.138. The molecule has 2 rings (SSSR count). The summed E-state index contributed by atoms with van der Waals surface area (Å²) in [5, 5.41) is 22.0. The molecule has 0 saturated carbocycles. The SMILES string of the molecule is CNC(CC(=O)O)C(O)c1ccc2c(c1)N(C)C(=O)CO2. The molecule has 0 radical (unpaired) electrons. The summed E-state index contributed by atoms with van der Waals surface area (Å²) in [5.41, 5.74) is 1.09. The van der Waals surface area contributed by atoms with Gasteiger partial charge in [-0.05, 0) is 24.7 Å². The van der Waals surface area contributed by atoms with Gasteiger partial charge in [-0.15, -0.1) is 0 Å². The third-order valence-electron chi connectivity index (χ3n) is 3.56. The second kappa shape index (κ2) is 6.11. The van der Waals surface area contributed by atoms with E-state index in [0.29, 0.717) is 17.0 Å². The van der Waals surface area contributed by atoms with Crippen molar-refractivity contribution in [3.63, 3.8) is 0 Å². The van der Waals surface area contributed by atoms with Crippen molar-refractivity contribution in [2.75, 3.05) is 25.6 Å². The minimum absolute atomic E-state index is 0.0104. The zero-order valence-corrected chi connectivity index (χ0v) is 11.9. The zero-order valence-electron chi connectivity index (χ0n) is 11.9. The number of hydrogen-bond donors (Lipinski definition) is 3. The van der Waals surface area contributed by atoms with Gasteiger partial charge in [0, 0.05) is 13.1 Å². The first-order valence-electron chi connectivity index (χ1n) is 6.54. The van der Waals surface area contributed by atoms with Gasteiger partial charge in [0.1, 0.15) is 5.75 Å². The number of aliphatic hydroxyl groups excluding tert-OH is 1. The molecule has 1 amide bonds. The molecule has 2 unspecified atom stereocenters. The van der Waals surface area contributed by atoms with Crippen molar-refractivity contribution < 1.29 is 24.5 Å². The third kappa shape index (κ3) is 3.14. The van der Waals surface area contributed by atoms with E-state index in [2.05, 4.69) is 5.32 Å². The van der Waals surface area contributed by atoms with Gasteiger partial charge in [-0.3, -0.25) is 9.59 Å². The van der Waals surface area contributed by atoms with E-state index in [1.54, 1.807) is 32.3 Å². The molecular formula is C14H18N2O5. The quantitative estimate of drug-likeness (QED) is 0.714. The van der Waals surface area contributed by atoms with Crippen molar-refractivity contribution >= 4 is 17.6 Å². The molecule has 0 fully saturated rings. The second-order valence-electron chi connectivity index (χ2n) is 4.91. The van der Waals surface area contributed by atoms with Crippen LogP contribution in [0.3, 0.4) is 0 Å². The number of carbonyl (C=O) groups excluding carboxylic acids is 1. The molecule has 114 valence electrons. The fraction of sp³-hybridized carbons (Fsp3) is 0.429. The van der Waals surface area contributed by atoms with E-state index in [4.69, 9.17) is 9.84 Å². The predicted molar refractivity (Wildman–Crippen MR) is 75.4 cm³/mol. The fourth-order valence-electron chi connectivity index (χ4n) is 2.27. The summed E-state index contributed by atoms with van der Waals surface area (Å²) in [4.78, 5) is 23.9. The van der Waals surface area contributed by atoms with Crippen LogP contribution in [-0.4, -0.2) is 48.8 Å². The summed E-state index contributed by atoms with van der Waals surface area (Å²) in [6, 6.07) is 4.36. The van der Waals surface area contributed by atoms with Crippen LogP contribution in [0.15, 0.2) is 18.2 Å². The average molecular weight is 294 g/mol. The number of aliphatic carboxylic acids is 1. The van der Waals surface area contributed by atoms with Crippen molar-refractivity contribution in [2.24, 2.45) is 0 Å². The zero-order chi connectivity index (χ0) is 15.6. The Hall–Kier alpha value is -2.12. The Morgan fingerprint density at radius 3 is 2.86 bits per heavy atom. The molecule has 21 heavy (non-hydrogen) atoms. The van der Waals surface area contributed by atoms with E-state index in [0.717, 1.165) is 0 Å². The van der Waals surface area contributed by atoms with Gasteiger partial charge in [-0.1, -0.05) is 6.07 Å². The van der Waals surface area contributed by atoms with Gasteiger partial charge >= 0.3 is 5.97 Å². The number of fused-ring (bicyclic) bond motifs is 1. The molecule has 0 aliphatic carbocycles. The molecule has 0 bridgehead atoms. The summed E-state index contributed by atoms with van der Waals surface area (Å²) in [5.74, 6) is -0.612. The molecular weight excluding hydrogens is 276 g/mol. The number of benzene rings is 1. The monoisotopic (exact) mass is 294 g/mol. The topological polar surface area (TPSA) is 99.1 Å². The van der Waals surface area contributed by atoms with E-state index in [1.807, 2.05) is 0 Å². The molecule has 1 aliphatic heterocycles. The van der Waals surface area contributed by atoms with Crippen LogP contribution in [0, 0.1) is 0 Å². The minimum Gasteiger partial charge on any atom is -0.482 e. The van der Waals surface area contributed by atoms with Crippen LogP contribution in [-0.2, 0) is 9.59 Å². The van der Waals surface area contributed by atoms with Crippen LogP contribution in [0.4, 0.5) is 5.69 Å². The highest BCUT2D eigenvalue weighted by Crippen LogP contribution is 2.34. The van der Waals surface area contributed by atoms with Crippen LogP contribution < -0.4 is 15.0 Å². The maximum Gasteiger partial charge on any atom is 0.305 e. The molecule has 7 nitrogen and oxygen atoms in total. The highest BCUT2D eigenvalue weighted by molar-refractivity contribution is 5.97. The Balaban J connectivity index is 2.28. The molecule has 1 heterocycles. The lowest BCUT2D eigenvalue weighted by Gasteiger charge is -2.28. The van der Waals surface area contributed by atoms with E-state index < -0.39 is 18.1 Å². The maximum absolute atomic E-state index is 11.6. The Morgan fingerprint density at radius 1 is 1.52 bits per heavy atom. The Kier molecular flexibility index (Phi) is 4.44. The minimum atomic E-state index is -0.998. The van der Waals surface area contributed by atoms with E-state index in [-0.39, 0.29) is 18.9 Å². The number of hydrogen-bond acceptors (Lipinski definition) is 5. The maximum atomic E-state index is 11.6. The normalized spacial score (nSPS) is 16.9. The summed E-state index contributed by atoms with van der Waals surface area (Å²) < 4.78 is 5.31. The number of nitrogens with one attached hydrogen (secondary N) is 1. The number of nitrogens with zero attached hydrogens (tertiary/aromatic N) is 1. The van der Waals surface area contributed by atoms with Crippen molar-refractivity contribution in [3.8, 4) is 5.75 Å². The van der Waals surface area contributed by atoms with Crippen molar-refractivity contribution in [3.05, 3.63) is 23.8 Å². The van der Waals surface area contributed by atoms with Crippen molar-refractivity contribution in [2.45, 2.75) is 18.6 Å². The lowest BCUT2D eigenvalue weighted by Crippen LogP contribution is -2.36. The Bertz CT molecular complexity index is 560. The fourth-order valence-corrected chi connectivity index (χ4v) is 2.27. The number of carboxylic acids is 1. The van der Waals surface area contributed by atoms with Gasteiger partial charge < -0.3 is 25.2 Å². The first-order chi connectivity index (χ1) is 9.93. The van der Waals surface area contributed by atoms with E-state index >= 15 is 0 Å². The summed E-state index contributed by atoms with van der Waals surface area (Å²) in [7, 11) is 3.22. The van der Waals surface area contributed by atoms with Crippen LogP contribution in [0.1, 0.15) is 18.1 Å². The smallest absolute Gasteiger partial charge is 0.305 e. The predicted octanol–water partition coefficient (Wildman–Crippen LogP) is 0.138. The van der Waals surface area contributed by atoms with E-state index in [9.17, 15) is 14.7 Å². The Morgan fingerprint density at radius 2 is 2.24 bits per heavy atom. The number of anilines is 1. The molecule has 1 aromatic rings. The number of aliphatic hydroxyl groups is 1. The molecule has 2 atom stereocenters. The first kappa shape index (κ1) is 15.3. The lowest BCUT2D eigenvalue weighted by atomic mass is 9.98. The van der Waals surface area contributed by atoms with Crippen LogP contribution in [0.2, 0.25) is 0 Å². The number of rotatable bonds is 5. The summed E-state index contributed by atoms with van der Waals surface area (Å²) in [6.07, 6.45) is -1.21. The van der Waals surface area contributed by atoms with Gasteiger partial charge in [-0.25, -0.2) is 0 Å². The largest absolute Gasteiger partial charge is 0.482 e. The first-order valence-corrected chi connectivity index (χ1v) is 6.54. The van der Waals surface area contributed by atoms with Crippen molar-refractivity contribution in [1.29, 1.82) is 0 Å². The number of likely N-dealkylation sites (N-methyl/N-ethyl adjacent to an activating group) is 2. The molecule has 0 aromatic heterocycles. The molecule has 3 N–H and O–H groups in total.